The van der Waals surface area contributed by atoms with Crippen LogP contribution in [-0.2, 0) is 0 Å². The van der Waals surface area contributed by atoms with E-state index in [0.717, 1.165) is 16.8 Å². The van der Waals surface area contributed by atoms with E-state index in [1.807, 2.05) is 0 Å². The van der Waals surface area contributed by atoms with Gasteiger partial charge in [-0.15, -0.1) is 13.2 Å². The van der Waals surface area contributed by atoms with Crippen molar-refractivity contribution in [3.63, 3.8) is 0 Å². The topological polar surface area (TPSA) is 52.6 Å². The van der Waals surface area contributed by atoms with E-state index < -0.39 is 12.1 Å². The zero-order chi connectivity index (χ0) is 19.6. The van der Waals surface area contributed by atoms with Crippen molar-refractivity contribution in [2.24, 2.45) is 0 Å². The minimum atomic E-state index is -4.81. The number of halogens is 4. The Balaban J connectivity index is 1.96. The lowest BCUT2D eigenvalue weighted by molar-refractivity contribution is -0.274. The van der Waals surface area contributed by atoms with Gasteiger partial charge in [0.15, 0.2) is 11.5 Å². The number of aromatic nitrogens is 1. The average molecular weight is 399 g/mol. The van der Waals surface area contributed by atoms with E-state index >= 15 is 0 Å². The van der Waals surface area contributed by atoms with Gasteiger partial charge in [0, 0.05) is 17.3 Å². The Labute approximate surface area is 157 Å². The first-order valence-corrected chi connectivity index (χ1v) is 8.01. The number of methoxy groups -OCH3 is 2. The van der Waals surface area contributed by atoms with Gasteiger partial charge in [0.1, 0.15) is 11.6 Å². The molecule has 27 heavy (non-hydrogen) atoms. The summed E-state index contributed by atoms with van der Waals surface area (Å²) in [6.45, 7) is 0. The highest BCUT2D eigenvalue weighted by molar-refractivity contribution is 6.32. The maximum atomic E-state index is 12.3. The number of benzene rings is 2. The van der Waals surface area contributed by atoms with Crippen molar-refractivity contribution < 1.29 is 27.4 Å². The molecule has 0 aliphatic heterocycles. The molecular formula is C18H14ClF3N2O3. The van der Waals surface area contributed by atoms with Crippen molar-refractivity contribution in [1.82, 2.24) is 4.98 Å². The molecule has 2 aromatic carbocycles. The van der Waals surface area contributed by atoms with Gasteiger partial charge in [-0.05, 0) is 41.8 Å². The molecule has 5 nitrogen and oxygen atoms in total. The Kier molecular flexibility index (Phi) is 5.18. The molecule has 0 atom stereocenters. The lowest BCUT2D eigenvalue weighted by Gasteiger charge is -2.14. The van der Waals surface area contributed by atoms with Gasteiger partial charge in [-0.3, -0.25) is 0 Å². The molecule has 9 heteroatoms. The zero-order valence-electron chi connectivity index (χ0n) is 14.2. The first-order chi connectivity index (χ1) is 12.8. The Hall–Kier alpha value is -2.87. The highest BCUT2D eigenvalue weighted by Crippen LogP contribution is 2.37. The van der Waals surface area contributed by atoms with E-state index in [-0.39, 0.29) is 5.02 Å². The molecule has 1 heterocycles. The average Bonchev–Trinajstić information content (AvgIpc) is 2.62. The summed E-state index contributed by atoms with van der Waals surface area (Å²) in [5, 5.41) is 4.43. The fourth-order valence-electron chi connectivity index (χ4n) is 2.52. The number of alkyl halides is 3. The summed E-state index contributed by atoms with van der Waals surface area (Å²) < 4.78 is 51.5. The van der Waals surface area contributed by atoms with Crippen LogP contribution in [0.2, 0.25) is 5.02 Å². The molecule has 142 valence electrons. The molecule has 0 aliphatic carbocycles. The summed E-state index contributed by atoms with van der Waals surface area (Å²) in [6, 6.07) is 9.22. The molecular weight excluding hydrogens is 385 g/mol. The van der Waals surface area contributed by atoms with E-state index in [1.165, 1.54) is 26.4 Å². The lowest BCUT2D eigenvalue weighted by Crippen LogP contribution is -2.17. The number of fused-ring (bicyclic) bond motifs is 1. The fraction of sp³-hybridized carbons (Fsp3) is 0.167. The van der Waals surface area contributed by atoms with Gasteiger partial charge in [0.2, 0.25) is 0 Å². The molecule has 0 spiro atoms. The van der Waals surface area contributed by atoms with Crippen molar-refractivity contribution in [2.75, 3.05) is 19.5 Å². The molecule has 0 saturated carbocycles. The quantitative estimate of drug-likeness (QED) is 0.611. The zero-order valence-corrected chi connectivity index (χ0v) is 15.0. The smallest absolute Gasteiger partial charge is 0.493 e. The molecule has 1 N–H and O–H groups in total. The number of nitrogens with zero attached hydrogens (tertiary/aromatic N) is 1. The van der Waals surface area contributed by atoms with Gasteiger partial charge < -0.3 is 19.5 Å². The second-order valence-corrected chi connectivity index (χ2v) is 5.81. The summed E-state index contributed by atoms with van der Waals surface area (Å²) >= 11 is 5.89. The Bertz CT molecular complexity index is 980. The third kappa shape index (κ3) is 4.28. The maximum absolute atomic E-state index is 12.3. The van der Waals surface area contributed by atoms with Crippen LogP contribution in [0.4, 0.5) is 24.7 Å². The summed E-state index contributed by atoms with van der Waals surface area (Å²) in [5.41, 5.74) is 0.448. The molecule has 0 bridgehead atoms. The first kappa shape index (κ1) is 18.9. The minimum Gasteiger partial charge on any atom is -0.493 e. The second-order valence-electron chi connectivity index (χ2n) is 5.41. The van der Waals surface area contributed by atoms with Crippen LogP contribution in [0.3, 0.4) is 0 Å². The molecule has 0 aliphatic rings. The largest absolute Gasteiger partial charge is 0.573 e. The summed E-state index contributed by atoms with van der Waals surface area (Å²) in [4.78, 5) is 4.28. The molecule has 3 aromatic rings. The van der Waals surface area contributed by atoms with Gasteiger partial charge in [-0.25, -0.2) is 4.98 Å². The van der Waals surface area contributed by atoms with Crippen molar-refractivity contribution in [2.45, 2.75) is 6.36 Å². The predicted octanol–water partition coefficient (Wildman–Crippen LogP) is 5.55. The number of nitrogens with one attached hydrogen (secondary N) is 1. The molecule has 0 saturated heterocycles. The number of rotatable bonds is 5. The van der Waals surface area contributed by atoms with Crippen molar-refractivity contribution in [3.05, 3.63) is 47.6 Å². The van der Waals surface area contributed by atoms with Gasteiger partial charge in [0.25, 0.3) is 0 Å². The SMILES string of the molecule is COc1cc2ccnc(Nc3ccc(OC(F)(F)F)c(Cl)c3)c2cc1OC. The van der Waals surface area contributed by atoms with E-state index in [9.17, 15) is 13.2 Å². The first-order valence-electron chi connectivity index (χ1n) is 7.64. The van der Waals surface area contributed by atoms with Crippen LogP contribution in [0.15, 0.2) is 42.6 Å². The summed E-state index contributed by atoms with van der Waals surface area (Å²) in [6.07, 6.45) is -3.22. The molecule has 0 radical (unpaired) electrons. The number of ether oxygens (including phenoxy) is 3. The minimum absolute atomic E-state index is 0.184. The molecule has 0 amide bonds. The normalized spacial score (nSPS) is 11.3. The maximum Gasteiger partial charge on any atom is 0.573 e. The number of pyridine rings is 1. The Morgan fingerprint density at radius 3 is 2.30 bits per heavy atom. The number of hydrogen-bond donors (Lipinski definition) is 1. The Morgan fingerprint density at radius 1 is 0.963 bits per heavy atom. The summed E-state index contributed by atoms with van der Waals surface area (Å²) in [7, 11) is 3.06. The molecule has 0 unspecified atom stereocenters. The third-order valence-electron chi connectivity index (χ3n) is 3.69. The van der Waals surface area contributed by atoms with E-state index in [0.29, 0.717) is 23.0 Å². The van der Waals surface area contributed by atoms with Gasteiger partial charge in [0.05, 0.1) is 19.2 Å². The van der Waals surface area contributed by atoms with Crippen LogP contribution in [0, 0.1) is 0 Å². The summed E-state index contributed by atoms with van der Waals surface area (Å²) in [5.74, 6) is 1.09. The van der Waals surface area contributed by atoms with Crippen LogP contribution in [0.25, 0.3) is 10.8 Å². The Morgan fingerprint density at radius 2 is 1.67 bits per heavy atom. The molecule has 1 aromatic heterocycles. The molecule has 0 fully saturated rings. The van der Waals surface area contributed by atoms with Crippen LogP contribution < -0.4 is 19.5 Å². The number of hydrogen-bond acceptors (Lipinski definition) is 5. The van der Waals surface area contributed by atoms with Gasteiger partial charge >= 0.3 is 6.36 Å². The van der Waals surface area contributed by atoms with Crippen molar-refractivity contribution in [3.8, 4) is 17.2 Å². The van der Waals surface area contributed by atoms with Gasteiger partial charge in [-0.1, -0.05) is 11.6 Å². The van der Waals surface area contributed by atoms with Crippen molar-refractivity contribution >= 4 is 33.9 Å². The van der Waals surface area contributed by atoms with E-state index in [4.69, 9.17) is 21.1 Å². The van der Waals surface area contributed by atoms with Crippen LogP contribution in [0.1, 0.15) is 0 Å². The highest BCUT2D eigenvalue weighted by Gasteiger charge is 2.32. The van der Waals surface area contributed by atoms with E-state index in [1.54, 1.807) is 24.4 Å². The monoisotopic (exact) mass is 398 g/mol. The molecule has 3 rings (SSSR count). The fourth-order valence-corrected chi connectivity index (χ4v) is 2.74. The predicted molar refractivity (Wildman–Crippen MR) is 96.3 cm³/mol. The number of anilines is 2. The third-order valence-corrected chi connectivity index (χ3v) is 3.98. The van der Waals surface area contributed by atoms with Crippen LogP contribution in [-0.4, -0.2) is 25.6 Å². The van der Waals surface area contributed by atoms with Gasteiger partial charge in [-0.2, -0.15) is 0 Å². The second kappa shape index (κ2) is 7.40. The van der Waals surface area contributed by atoms with Crippen LogP contribution >= 0.6 is 11.6 Å². The standard InChI is InChI=1S/C18H14ClF3N2O3/c1-25-15-7-10-5-6-23-17(12(10)9-16(15)26-2)24-11-3-4-14(13(19)8-11)27-18(20,21)22/h3-9H,1-2H3,(H,23,24). The lowest BCUT2D eigenvalue weighted by atomic mass is 10.1. The highest BCUT2D eigenvalue weighted by atomic mass is 35.5. The van der Waals surface area contributed by atoms with Crippen LogP contribution in [0.5, 0.6) is 17.2 Å². The van der Waals surface area contributed by atoms with Crippen molar-refractivity contribution in [1.29, 1.82) is 0 Å². The van der Waals surface area contributed by atoms with E-state index in [2.05, 4.69) is 15.0 Å².